The molecule has 0 saturated carbocycles. The van der Waals surface area contributed by atoms with Gasteiger partial charge in [-0.05, 0) is 46.3 Å². The van der Waals surface area contributed by atoms with E-state index in [-0.39, 0.29) is 5.69 Å². The Bertz CT molecular complexity index is 648. The van der Waals surface area contributed by atoms with E-state index in [0.717, 1.165) is 10.2 Å². The summed E-state index contributed by atoms with van der Waals surface area (Å²) in [7, 11) is 0. The molecule has 1 heterocycles. The van der Waals surface area contributed by atoms with E-state index in [2.05, 4.69) is 26.2 Å². The van der Waals surface area contributed by atoms with Gasteiger partial charge in [-0.1, -0.05) is 11.6 Å². The van der Waals surface area contributed by atoms with Crippen molar-refractivity contribution < 1.29 is 4.79 Å². The van der Waals surface area contributed by atoms with Crippen LogP contribution < -0.4 is 16.8 Å². The molecule has 7 heteroatoms. The van der Waals surface area contributed by atoms with Crippen LogP contribution in [0.1, 0.15) is 10.5 Å². The molecular formula is C12H10BrClN4O. The number of anilines is 3. The first-order valence-electron chi connectivity index (χ1n) is 5.26. The number of carbonyl (C=O) groups is 1. The third-order valence-electron chi connectivity index (χ3n) is 2.36. The first-order valence-corrected chi connectivity index (χ1v) is 6.43. The van der Waals surface area contributed by atoms with E-state index in [9.17, 15) is 4.79 Å². The SMILES string of the molecule is NC(=O)c1ccc(N)c(Nc2ccc(Cl)c(Br)c2)n1. The van der Waals surface area contributed by atoms with Crippen LogP contribution in [0, 0.1) is 0 Å². The van der Waals surface area contributed by atoms with Gasteiger partial charge < -0.3 is 16.8 Å². The van der Waals surface area contributed by atoms with Gasteiger partial charge in [0, 0.05) is 10.2 Å². The Labute approximate surface area is 123 Å². The number of hydrogen-bond acceptors (Lipinski definition) is 4. The number of aromatic nitrogens is 1. The van der Waals surface area contributed by atoms with Crippen molar-refractivity contribution in [1.82, 2.24) is 4.98 Å². The predicted molar refractivity (Wildman–Crippen MR) is 79.6 cm³/mol. The van der Waals surface area contributed by atoms with Gasteiger partial charge >= 0.3 is 0 Å². The molecule has 98 valence electrons. The van der Waals surface area contributed by atoms with Gasteiger partial charge in [0.2, 0.25) is 0 Å². The zero-order chi connectivity index (χ0) is 14.0. The van der Waals surface area contributed by atoms with Gasteiger partial charge in [0.25, 0.3) is 5.91 Å². The lowest BCUT2D eigenvalue weighted by atomic mass is 10.3. The van der Waals surface area contributed by atoms with Crippen LogP contribution in [-0.2, 0) is 0 Å². The van der Waals surface area contributed by atoms with Gasteiger partial charge in [0.05, 0.1) is 10.7 Å². The number of nitrogens with one attached hydrogen (secondary N) is 1. The van der Waals surface area contributed by atoms with Crippen molar-refractivity contribution in [3.8, 4) is 0 Å². The molecule has 0 aliphatic rings. The zero-order valence-electron chi connectivity index (χ0n) is 9.65. The van der Waals surface area contributed by atoms with Gasteiger partial charge in [-0.15, -0.1) is 0 Å². The number of rotatable bonds is 3. The van der Waals surface area contributed by atoms with Crippen molar-refractivity contribution in [2.45, 2.75) is 0 Å². The second-order valence-electron chi connectivity index (χ2n) is 3.75. The summed E-state index contributed by atoms with van der Waals surface area (Å²) in [6.07, 6.45) is 0. The number of nitrogen functional groups attached to an aromatic ring is 1. The summed E-state index contributed by atoms with van der Waals surface area (Å²) in [4.78, 5) is 15.1. The molecule has 19 heavy (non-hydrogen) atoms. The largest absolute Gasteiger partial charge is 0.396 e. The third kappa shape index (κ3) is 3.15. The summed E-state index contributed by atoms with van der Waals surface area (Å²) in [6, 6.07) is 8.31. The van der Waals surface area contributed by atoms with Crippen molar-refractivity contribution in [2.24, 2.45) is 5.73 Å². The maximum absolute atomic E-state index is 11.1. The lowest BCUT2D eigenvalue weighted by molar-refractivity contribution is 0.0996. The molecule has 0 atom stereocenters. The smallest absolute Gasteiger partial charge is 0.267 e. The molecule has 1 aromatic heterocycles. The van der Waals surface area contributed by atoms with E-state index < -0.39 is 5.91 Å². The fraction of sp³-hybridized carbons (Fsp3) is 0. The van der Waals surface area contributed by atoms with Crippen LogP contribution in [0.15, 0.2) is 34.8 Å². The number of benzene rings is 1. The van der Waals surface area contributed by atoms with Crippen LogP contribution in [0.25, 0.3) is 0 Å². The first-order chi connectivity index (χ1) is 8.97. The van der Waals surface area contributed by atoms with Crippen LogP contribution in [-0.4, -0.2) is 10.9 Å². The first kappa shape index (κ1) is 13.6. The summed E-state index contributed by atoms with van der Waals surface area (Å²) >= 11 is 9.22. The Morgan fingerprint density at radius 2 is 2.05 bits per heavy atom. The highest BCUT2D eigenvalue weighted by atomic mass is 79.9. The molecule has 0 fully saturated rings. The second-order valence-corrected chi connectivity index (χ2v) is 5.01. The highest BCUT2D eigenvalue weighted by molar-refractivity contribution is 9.10. The number of halogens is 2. The molecule has 5 N–H and O–H groups in total. The number of nitrogens with zero attached hydrogens (tertiary/aromatic N) is 1. The highest BCUT2D eigenvalue weighted by Gasteiger charge is 2.08. The Hall–Kier alpha value is -1.79. The lowest BCUT2D eigenvalue weighted by Crippen LogP contribution is -2.14. The molecule has 2 aromatic rings. The molecule has 1 aromatic carbocycles. The van der Waals surface area contributed by atoms with Crippen LogP contribution in [0.5, 0.6) is 0 Å². The summed E-state index contributed by atoms with van der Waals surface area (Å²) in [5.74, 6) is -0.245. The van der Waals surface area contributed by atoms with E-state index in [4.69, 9.17) is 23.1 Å². The maximum atomic E-state index is 11.1. The average molecular weight is 342 g/mol. The lowest BCUT2D eigenvalue weighted by Gasteiger charge is -2.10. The molecular weight excluding hydrogens is 332 g/mol. The molecule has 0 radical (unpaired) electrons. The molecule has 0 spiro atoms. The van der Waals surface area contributed by atoms with Crippen molar-refractivity contribution >= 4 is 50.6 Å². The molecule has 0 aliphatic heterocycles. The molecule has 0 saturated heterocycles. The Morgan fingerprint density at radius 3 is 2.68 bits per heavy atom. The standard InChI is InChI=1S/C12H10BrClN4O/c13-7-5-6(1-2-8(7)14)17-12-9(15)3-4-10(18-12)11(16)19/h1-5H,15H2,(H2,16,19)(H,17,18). The number of pyridine rings is 1. The number of amides is 1. The molecule has 0 bridgehead atoms. The van der Waals surface area contributed by atoms with Crippen molar-refractivity contribution in [3.05, 3.63) is 45.5 Å². The van der Waals surface area contributed by atoms with Gasteiger partial charge in [-0.3, -0.25) is 4.79 Å². The fourth-order valence-corrected chi connectivity index (χ4v) is 1.91. The number of carbonyl (C=O) groups excluding carboxylic acids is 1. The molecule has 2 rings (SSSR count). The number of nitrogens with two attached hydrogens (primary N) is 2. The minimum absolute atomic E-state index is 0.143. The van der Waals surface area contributed by atoms with Crippen LogP contribution in [0.4, 0.5) is 17.2 Å². The third-order valence-corrected chi connectivity index (χ3v) is 3.58. The summed E-state index contributed by atoms with van der Waals surface area (Å²) in [5.41, 5.74) is 12.3. The summed E-state index contributed by atoms with van der Waals surface area (Å²) < 4.78 is 0.740. The van der Waals surface area contributed by atoms with E-state index in [0.29, 0.717) is 16.5 Å². The van der Waals surface area contributed by atoms with Gasteiger partial charge in [0.1, 0.15) is 5.69 Å². The summed E-state index contributed by atoms with van der Waals surface area (Å²) in [5, 5.41) is 3.60. The van der Waals surface area contributed by atoms with Crippen LogP contribution in [0.3, 0.4) is 0 Å². The van der Waals surface area contributed by atoms with Gasteiger partial charge in [-0.2, -0.15) is 0 Å². The average Bonchev–Trinajstić information content (AvgIpc) is 2.36. The fourth-order valence-electron chi connectivity index (χ4n) is 1.42. The minimum atomic E-state index is -0.611. The normalized spacial score (nSPS) is 10.2. The molecule has 0 aliphatic carbocycles. The molecule has 0 unspecified atom stereocenters. The molecule has 1 amide bonds. The number of primary amides is 1. The molecule has 5 nitrogen and oxygen atoms in total. The Morgan fingerprint density at radius 1 is 1.32 bits per heavy atom. The topological polar surface area (TPSA) is 94.0 Å². The van der Waals surface area contributed by atoms with E-state index in [1.807, 2.05) is 0 Å². The summed E-state index contributed by atoms with van der Waals surface area (Å²) in [6.45, 7) is 0. The highest BCUT2D eigenvalue weighted by Crippen LogP contribution is 2.28. The van der Waals surface area contributed by atoms with E-state index >= 15 is 0 Å². The van der Waals surface area contributed by atoms with Crippen LogP contribution in [0.2, 0.25) is 5.02 Å². The van der Waals surface area contributed by atoms with Crippen molar-refractivity contribution in [1.29, 1.82) is 0 Å². The Kier molecular flexibility index (Phi) is 3.92. The van der Waals surface area contributed by atoms with Crippen molar-refractivity contribution in [3.63, 3.8) is 0 Å². The quantitative estimate of drug-likeness (QED) is 0.800. The van der Waals surface area contributed by atoms with E-state index in [1.165, 1.54) is 6.07 Å². The second kappa shape index (κ2) is 5.46. The Balaban J connectivity index is 2.34. The minimum Gasteiger partial charge on any atom is -0.396 e. The number of hydrogen-bond donors (Lipinski definition) is 3. The maximum Gasteiger partial charge on any atom is 0.267 e. The predicted octanol–water partition coefficient (Wildman–Crippen LogP) is 2.92. The monoisotopic (exact) mass is 340 g/mol. The zero-order valence-corrected chi connectivity index (χ0v) is 12.0. The van der Waals surface area contributed by atoms with Crippen molar-refractivity contribution in [2.75, 3.05) is 11.1 Å². The van der Waals surface area contributed by atoms with Gasteiger partial charge in [-0.25, -0.2) is 4.98 Å². The van der Waals surface area contributed by atoms with E-state index in [1.54, 1.807) is 24.3 Å². The van der Waals surface area contributed by atoms with Crippen LogP contribution >= 0.6 is 27.5 Å². The van der Waals surface area contributed by atoms with Gasteiger partial charge in [0.15, 0.2) is 5.82 Å².